The summed E-state index contributed by atoms with van der Waals surface area (Å²) in [5.74, 6) is 0.609. The van der Waals surface area contributed by atoms with Gasteiger partial charge in [-0.3, -0.25) is 4.79 Å². The van der Waals surface area contributed by atoms with Crippen molar-refractivity contribution in [2.24, 2.45) is 0 Å². The molecule has 1 atom stereocenters. The standard InChI is InChI=1S/C20H31N3O2/c1-16(20(25)21(2)17-6-4-3-5-7-17)22-12-14-23(15-13-22)18-8-10-19(24)11-9-18/h8-11,16-17,24H,3-7,12-15H2,1-2H3/p+1/t16-/m0/s1. The highest BCUT2D eigenvalue weighted by molar-refractivity contribution is 5.80. The third-order valence-electron chi connectivity index (χ3n) is 6.07. The van der Waals surface area contributed by atoms with Crippen LogP contribution in [0.5, 0.6) is 5.75 Å². The number of rotatable bonds is 4. The monoisotopic (exact) mass is 346 g/mol. The van der Waals surface area contributed by atoms with Crippen LogP contribution in [0.1, 0.15) is 39.0 Å². The Morgan fingerprint density at radius 3 is 2.36 bits per heavy atom. The molecule has 1 aliphatic carbocycles. The Hall–Kier alpha value is -1.75. The predicted molar refractivity (Wildman–Crippen MR) is 100 cm³/mol. The van der Waals surface area contributed by atoms with Crippen LogP contribution >= 0.6 is 0 Å². The maximum atomic E-state index is 12.9. The van der Waals surface area contributed by atoms with Gasteiger partial charge in [0.15, 0.2) is 6.04 Å². The van der Waals surface area contributed by atoms with E-state index in [0.717, 1.165) is 31.9 Å². The van der Waals surface area contributed by atoms with Crippen molar-refractivity contribution in [1.82, 2.24) is 4.90 Å². The molecule has 5 heteroatoms. The minimum atomic E-state index is 0.0360. The first-order valence-corrected chi connectivity index (χ1v) is 9.71. The van der Waals surface area contributed by atoms with Crippen molar-refractivity contribution in [3.8, 4) is 5.75 Å². The Kier molecular flexibility index (Phi) is 5.84. The number of carbonyl (C=O) groups is 1. The summed E-state index contributed by atoms with van der Waals surface area (Å²) in [6.45, 7) is 5.95. The number of quaternary nitrogens is 1. The van der Waals surface area contributed by atoms with Gasteiger partial charge in [0.2, 0.25) is 0 Å². The van der Waals surface area contributed by atoms with Crippen LogP contribution in [0.3, 0.4) is 0 Å². The highest BCUT2D eigenvalue weighted by Crippen LogP contribution is 2.22. The van der Waals surface area contributed by atoms with E-state index < -0.39 is 0 Å². The fourth-order valence-electron chi connectivity index (χ4n) is 4.28. The first-order chi connectivity index (χ1) is 12.1. The Labute approximate surface area is 151 Å². The van der Waals surface area contributed by atoms with E-state index in [1.807, 2.05) is 24.1 Å². The van der Waals surface area contributed by atoms with E-state index in [0.29, 0.717) is 17.7 Å². The van der Waals surface area contributed by atoms with Gasteiger partial charge in [-0.15, -0.1) is 0 Å². The number of likely N-dealkylation sites (N-methyl/N-ethyl adjacent to an activating group) is 1. The maximum Gasteiger partial charge on any atom is 0.280 e. The summed E-state index contributed by atoms with van der Waals surface area (Å²) in [4.78, 5) is 18.7. The molecule has 0 unspecified atom stereocenters. The number of hydrogen-bond acceptors (Lipinski definition) is 3. The van der Waals surface area contributed by atoms with Gasteiger partial charge in [0, 0.05) is 18.8 Å². The molecule has 1 heterocycles. The second-order valence-electron chi connectivity index (χ2n) is 7.62. The van der Waals surface area contributed by atoms with Crippen LogP contribution in [0, 0.1) is 0 Å². The Balaban J connectivity index is 1.52. The van der Waals surface area contributed by atoms with E-state index in [4.69, 9.17) is 0 Å². The van der Waals surface area contributed by atoms with E-state index in [1.54, 1.807) is 12.1 Å². The summed E-state index contributed by atoms with van der Waals surface area (Å²) in [5.41, 5.74) is 1.15. The molecule has 1 aromatic rings. The molecule has 2 aliphatic rings. The fraction of sp³-hybridized carbons (Fsp3) is 0.650. The zero-order valence-electron chi connectivity index (χ0n) is 15.6. The van der Waals surface area contributed by atoms with Gasteiger partial charge in [0.25, 0.3) is 5.91 Å². The summed E-state index contributed by atoms with van der Waals surface area (Å²) in [6.07, 6.45) is 6.17. The first-order valence-electron chi connectivity index (χ1n) is 9.71. The van der Waals surface area contributed by atoms with Crippen LogP contribution in [-0.4, -0.2) is 61.2 Å². The van der Waals surface area contributed by atoms with Crippen LogP contribution in [0.4, 0.5) is 5.69 Å². The largest absolute Gasteiger partial charge is 0.508 e. The quantitative estimate of drug-likeness (QED) is 0.863. The highest BCUT2D eigenvalue weighted by Gasteiger charge is 2.33. The third kappa shape index (κ3) is 4.27. The van der Waals surface area contributed by atoms with Gasteiger partial charge < -0.3 is 19.8 Å². The molecule has 0 spiro atoms. The van der Waals surface area contributed by atoms with Gasteiger partial charge in [-0.05, 0) is 44.0 Å². The average molecular weight is 346 g/mol. The van der Waals surface area contributed by atoms with E-state index in [-0.39, 0.29) is 6.04 Å². The molecular formula is C20H32N3O2+. The van der Waals surface area contributed by atoms with Crippen molar-refractivity contribution in [2.75, 3.05) is 38.1 Å². The van der Waals surface area contributed by atoms with Crippen molar-refractivity contribution in [1.29, 1.82) is 0 Å². The SMILES string of the molecule is C[C@@H](C(=O)N(C)C1CCCCC1)[NH+]1CCN(c2ccc(O)cc2)CC1. The van der Waals surface area contributed by atoms with Gasteiger partial charge in [0.05, 0.1) is 26.2 Å². The summed E-state index contributed by atoms with van der Waals surface area (Å²) >= 11 is 0. The molecule has 0 aromatic heterocycles. The number of carbonyl (C=O) groups excluding carboxylic acids is 1. The number of nitrogens with one attached hydrogen (secondary N) is 1. The van der Waals surface area contributed by atoms with E-state index in [9.17, 15) is 9.90 Å². The molecule has 5 nitrogen and oxygen atoms in total. The second-order valence-corrected chi connectivity index (χ2v) is 7.62. The van der Waals surface area contributed by atoms with Crippen molar-refractivity contribution in [3.05, 3.63) is 24.3 Å². The zero-order chi connectivity index (χ0) is 17.8. The molecule has 1 aliphatic heterocycles. The van der Waals surface area contributed by atoms with E-state index in [1.165, 1.54) is 37.0 Å². The molecule has 3 rings (SSSR count). The first kappa shape index (κ1) is 18.1. The molecule has 1 aromatic carbocycles. The van der Waals surface area contributed by atoms with E-state index in [2.05, 4.69) is 11.8 Å². The molecule has 1 amide bonds. The molecule has 0 bridgehead atoms. The lowest BCUT2D eigenvalue weighted by atomic mass is 9.94. The number of aromatic hydroxyl groups is 1. The molecule has 2 N–H and O–H groups in total. The lowest BCUT2D eigenvalue weighted by Gasteiger charge is -2.38. The lowest BCUT2D eigenvalue weighted by molar-refractivity contribution is -0.915. The Bertz CT molecular complexity index is 561. The molecule has 0 radical (unpaired) electrons. The molecular weight excluding hydrogens is 314 g/mol. The van der Waals surface area contributed by atoms with Crippen molar-refractivity contribution in [2.45, 2.75) is 51.1 Å². The van der Waals surface area contributed by atoms with Crippen LogP contribution in [0.2, 0.25) is 0 Å². The van der Waals surface area contributed by atoms with Crippen LogP contribution in [-0.2, 0) is 4.79 Å². The number of piperazine rings is 1. The number of phenolic OH excluding ortho intramolecular Hbond substituents is 1. The Morgan fingerprint density at radius 1 is 1.16 bits per heavy atom. The van der Waals surface area contributed by atoms with Gasteiger partial charge in [-0.25, -0.2) is 0 Å². The zero-order valence-corrected chi connectivity index (χ0v) is 15.6. The smallest absolute Gasteiger partial charge is 0.280 e. The summed E-state index contributed by atoms with van der Waals surface area (Å²) in [7, 11) is 2.00. The average Bonchev–Trinajstić information content (AvgIpc) is 2.67. The highest BCUT2D eigenvalue weighted by atomic mass is 16.3. The summed E-state index contributed by atoms with van der Waals surface area (Å²) in [6, 6.07) is 7.88. The van der Waals surface area contributed by atoms with Crippen LogP contribution < -0.4 is 9.80 Å². The number of amides is 1. The number of nitrogens with zero attached hydrogens (tertiary/aromatic N) is 2. The number of anilines is 1. The third-order valence-corrected chi connectivity index (χ3v) is 6.07. The minimum absolute atomic E-state index is 0.0360. The number of phenols is 1. The molecule has 1 saturated heterocycles. The second kappa shape index (κ2) is 8.09. The van der Waals surface area contributed by atoms with E-state index >= 15 is 0 Å². The molecule has 25 heavy (non-hydrogen) atoms. The summed E-state index contributed by atoms with van der Waals surface area (Å²) in [5, 5.41) is 9.43. The lowest BCUT2D eigenvalue weighted by Crippen LogP contribution is -3.19. The Morgan fingerprint density at radius 2 is 1.76 bits per heavy atom. The maximum absolute atomic E-state index is 12.9. The van der Waals surface area contributed by atoms with Gasteiger partial charge in [-0.1, -0.05) is 19.3 Å². The predicted octanol–water partition coefficient (Wildman–Crippen LogP) is 1.28. The van der Waals surface area contributed by atoms with Gasteiger partial charge in [0.1, 0.15) is 5.75 Å². The molecule has 138 valence electrons. The minimum Gasteiger partial charge on any atom is -0.508 e. The van der Waals surface area contributed by atoms with Crippen LogP contribution in [0.15, 0.2) is 24.3 Å². The van der Waals surface area contributed by atoms with Crippen molar-refractivity contribution < 1.29 is 14.8 Å². The van der Waals surface area contributed by atoms with Gasteiger partial charge >= 0.3 is 0 Å². The molecule has 1 saturated carbocycles. The number of benzene rings is 1. The fourth-order valence-corrected chi connectivity index (χ4v) is 4.28. The summed E-state index contributed by atoms with van der Waals surface area (Å²) < 4.78 is 0. The van der Waals surface area contributed by atoms with Crippen molar-refractivity contribution in [3.63, 3.8) is 0 Å². The molecule has 2 fully saturated rings. The van der Waals surface area contributed by atoms with Crippen LogP contribution in [0.25, 0.3) is 0 Å². The topological polar surface area (TPSA) is 48.2 Å². The van der Waals surface area contributed by atoms with Gasteiger partial charge in [-0.2, -0.15) is 0 Å². The van der Waals surface area contributed by atoms with Crippen molar-refractivity contribution >= 4 is 11.6 Å². The number of hydrogen-bond donors (Lipinski definition) is 2. The normalized spacial score (nSPS) is 21.1.